The number of guanidine groups is 1. The van der Waals surface area contributed by atoms with Crippen molar-refractivity contribution in [2.45, 2.75) is 25.8 Å². The fourth-order valence-electron chi connectivity index (χ4n) is 2.85. The van der Waals surface area contributed by atoms with Gasteiger partial charge in [0.2, 0.25) is 0 Å². The second kappa shape index (κ2) is 10.7. The first kappa shape index (κ1) is 21.8. The molecule has 0 saturated carbocycles. The minimum atomic E-state index is -0.455. The van der Waals surface area contributed by atoms with Gasteiger partial charge in [0, 0.05) is 50.6 Å². The molecule has 2 heterocycles. The van der Waals surface area contributed by atoms with Crippen molar-refractivity contribution in [1.29, 1.82) is 0 Å². The zero-order chi connectivity index (χ0) is 18.4. The molecule has 0 spiro atoms. The molecular formula is C18H24F2IN5S. The van der Waals surface area contributed by atoms with E-state index in [4.69, 9.17) is 0 Å². The van der Waals surface area contributed by atoms with E-state index in [1.54, 1.807) is 18.4 Å². The Morgan fingerprint density at radius 1 is 1.26 bits per heavy atom. The van der Waals surface area contributed by atoms with Crippen molar-refractivity contribution >= 4 is 46.4 Å². The zero-order valence-electron chi connectivity index (χ0n) is 15.2. The number of anilines is 1. The lowest BCUT2D eigenvalue weighted by molar-refractivity contribution is 0.581. The lowest BCUT2D eigenvalue weighted by atomic mass is 10.2. The van der Waals surface area contributed by atoms with Crippen molar-refractivity contribution in [2.24, 2.45) is 4.99 Å². The number of nitrogens with zero attached hydrogens (tertiary/aromatic N) is 3. The first-order valence-corrected chi connectivity index (χ1v) is 9.61. The molecule has 0 bridgehead atoms. The zero-order valence-corrected chi connectivity index (χ0v) is 18.3. The van der Waals surface area contributed by atoms with E-state index in [1.807, 2.05) is 0 Å². The summed E-state index contributed by atoms with van der Waals surface area (Å²) in [6.45, 7) is 3.02. The molecule has 0 atom stereocenters. The Kier molecular flexibility index (Phi) is 8.68. The predicted octanol–water partition coefficient (Wildman–Crippen LogP) is 3.55. The van der Waals surface area contributed by atoms with E-state index in [2.05, 4.69) is 30.9 Å². The molecular weight excluding hydrogens is 483 g/mol. The number of nitrogens with one attached hydrogen (secondary N) is 2. The Hall–Kier alpha value is -1.49. The molecule has 1 saturated heterocycles. The lowest BCUT2D eigenvalue weighted by Gasteiger charge is -2.13. The van der Waals surface area contributed by atoms with Gasteiger partial charge in [-0.25, -0.2) is 13.8 Å². The summed E-state index contributed by atoms with van der Waals surface area (Å²) < 4.78 is 26.9. The number of aromatic nitrogens is 1. The van der Waals surface area contributed by atoms with Crippen molar-refractivity contribution in [3.63, 3.8) is 0 Å². The van der Waals surface area contributed by atoms with Crippen LogP contribution in [0.15, 0.2) is 28.6 Å². The summed E-state index contributed by atoms with van der Waals surface area (Å²) in [7, 11) is 1.64. The third kappa shape index (κ3) is 6.27. The van der Waals surface area contributed by atoms with Gasteiger partial charge in [-0.05, 0) is 31.0 Å². The molecule has 0 aliphatic carbocycles. The number of rotatable bonds is 6. The molecule has 1 aliphatic heterocycles. The van der Waals surface area contributed by atoms with Crippen LogP contribution in [0.2, 0.25) is 0 Å². The molecule has 3 rings (SSSR count). The van der Waals surface area contributed by atoms with Crippen molar-refractivity contribution in [3.05, 3.63) is 46.5 Å². The monoisotopic (exact) mass is 507 g/mol. The highest BCUT2D eigenvalue weighted by Crippen LogP contribution is 2.24. The first-order chi connectivity index (χ1) is 12.7. The van der Waals surface area contributed by atoms with Gasteiger partial charge in [0.25, 0.3) is 0 Å². The molecule has 2 N–H and O–H groups in total. The summed E-state index contributed by atoms with van der Waals surface area (Å²) in [6, 6.07) is 3.42. The summed E-state index contributed by atoms with van der Waals surface area (Å²) in [5.41, 5.74) is 1.32. The SMILES string of the molecule is CN=C(NCCc1csc(N2CCCC2)n1)NCc1cc(F)ccc1F.I. The van der Waals surface area contributed by atoms with Crippen LogP contribution >= 0.6 is 35.3 Å². The summed E-state index contributed by atoms with van der Waals surface area (Å²) in [4.78, 5) is 11.1. The number of aliphatic imine (C=N–C) groups is 1. The van der Waals surface area contributed by atoms with Crippen molar-refractivity contribution in [1.82, 2.24) is 15.6 Å². The Morgan fingerprint density at radius 2 is 2.04 bits per heavy atom. The molecule has 0 amide bonds. The molecule has 148 valence electrons. The van der Waals surface area contributed by atoms with Crippen LogP contribution < -0.4 is 15.5 Å². The van der Waals surface area contributed by atoms with Crippen LogP contribution in [-0.4, -0.2) is 37.6 Å². The Bertz CT molecular complexity index is 762. The van der Waals surface area contributed by atoms with E-state index in [-0.39, 0.29) is 36.1 Å². The summed E-state index contributed by atoms with van der Waals surface area (Å²) in [5.74, 6) is -0.349. The highest BCUT2D eigenvalue weighted by Gasteiger charge is 2.15. The van der Waals surface area contributed by atoms with Crippen LogP contribution in [-0.2, 0) is 13.0 Å². The Balaban J connectivity index is 0.00000261. The molecule has 0 unspecified atom stereocenters. The minimum Gasteiger partial charge on any atom is -0.356 e. The molecule has 1 aliphatic rings. The molecule has 27 heavy (non-hydrogen) atoms. The molecule has 0 radical (unpaired) electrons. The standard InChI is InChI=1S/C18H23F2N5S.HI/c1-21-17(23-11-13-10-14(19)4-5-16(13)20)22-7-6-15-12-26-18(24-15)25-8-2-3-9-25;/h4-5,10,12H,2-3,6-9,11H2,1H3,(H2,21,22,23);1H. The van der Waals surface area contributed by atoms with Gasteiger partial charge in [0.1, 0.15) is 11.6 Å². The van der Waals surface area contributed by atoms with E-state index in [1.165, 1.54) is 18.9 Å². The van der Waals surface area contributed by atoms with E-state index in [0.29, 0.717) is 12.5 Å². The average molecular weight is 507 g/mol. The highest BCUT2D eigenvalue weighted by atomic mass is 127. The smallest absolute Gasteiger partial charge is 0.191 e. The van der Waals surface area contributed by atoms with Crippen LogP contribution in [0.25, 0.3) is 0 Å². The maximum absolute atomic E-state index is 13.6. The number of hydrogen-bond donors (Lipinski definition) is 2. The second-order valence-corrected chi connectivity index (χ2v) is 6.99. The van der Waals surface area contributed by atoms with Crippen LogP contribution in [0.1, 0.15) is 24.1 Å². The third-order valence-corrected chi connectivity index (χ3v) is 5.22. The van der Waals surface area contributed by atoms with E-state index in [9.17, 15) is 8.78 Å². The van der Waals surface area contributed by atoms with Crippen LogP contribution in [0, 0.1) is 11.6 Å². The van der Waals surface area contributed by atoms with Gasteiger partial charge >= 0.3 is 0 Å². The number of halogens is 3. The van der Waals surface area contributed by atoms with Gasteiger partial charge < -0.3 is 15.5 Å². The van der Waals surface area contributed by atoms with Gasteiger partial charge in [-0.3, -0.25) is 4.99 Å². The van der Waals surface area contributed by atoms with Crippen LogP contribution in [0.5, 0.6) is 0 Å². The largest absolute Gasteiger partial charge is 0.356 e. The molecule has 5 nitrogen and oxygen atoms in total. The quantitative estimate of drug-likeness (QED) is 0.357. The normalized spacial score (nSPS) is 14.2. The van der Waals surface area contributed by atoms with Crippen molar-refractivity contribution in [2.75, 3.05) is 31.6 Å². The van der Waals surface area contributed by atoms with Crippen LogP contribution in [0.3, 0.4) is 0 Å². The van der Waals surface area contributed by atoms with E-state index < -0.39 is 11.6 Å². The molecule has 1 aromatic heterocycles. The fraction of sp³-hybridized carbons (Fsp3) is 0.444. The minimum absolute atomic E-state index is 0. The van der Waals surface area contributed by atoms with Gasteiger partial charge in [-0.2, -0.15) is 0 Å². The second-order valence-electron chi connectivity index (χ2n) is 6.15. The van der Waals surface area contributed by atoms with E-state index in [0.717, 1.165) is 42.5 Å². The van der Waals surface area contributed by atoms with Crippen molar-refractivity contribution < 1.29 is 8.78 Å². The van der Waals surface area contributed by atoms with Crippen molar-refractivity contribution in [3.8, 4) is 0 Å². The number of benzene rings is 1. The van der Waals surface area contributed by atoms with Gasteiger partial charge in [-0.15, -0.1) is 35.3 Å². The topological polar surface area (TPSA) is 52.6 Å². The fourth-order valence-corrected chi connectivity index (χ4v) is 3.77. The van der Waals surface area contributed by atoms with E-state index >= 15 is 0 Å². The molecule has 1 aromatic carbocycles. The maximum atomic E-state index is 13.6. The molecule has 1 fully saturated rings. The maximum Gasteiger partial charge on any atom is 0.191 e. The summed E-state index contributed by atoms with van der Waals surface area (Å²) in [6.07, 6.45) is 3.26. The van der Waals surface area contributed by atoms with Gasteiger partial charge in [-0.1, -0.05) is 0 Å². The predicted molar refractivity (Wildman–Crippen MR) is 117 cm³/mol. The third-order valence-electron chi connectivity index (χ3n) is 4.27. The van der Waals surface area contributed by atoms with Gasteiger partial charge in [0.05, 0.1) is 5.69 Å². The Morgan fingerprint density at radius 3 is 2.78 bits per heavy atom. The van der Waals surface area contributed by atoms with Crippen LogP contribution in [0.4, 0.5) is 13.9 Å². The number of hydrogen-bond acceptors (Lipinski definition) is 4. The Labute approximate surface area is 179 Å². The van der Waals surface area contributed by atoms with Gasteiger partial charge in [0.15, 0.2) is 11.1 Å². The highest BCUT2D eigenvalue weighted by molar-refractivity contribution is 14.0. The molecule has 2 aromatic rings. The average Bonchev–Trinajstić information content (AvgIpc) is 3.32. The lowest BCUT2D eigenvalue weighted by Crippen LogP contribution is -2.38. The summed E-state index contributed by atoms with van der Waals surface area (Å²) >= 11 is 1.69. The number of thiazole rings is 1. The summed E-state index contributed by atoms with van der Waals surface area (Å²) in [5, 5.41) is 9.36. The molecule has 9 heteroatoms. The first-order valence-electron chi connectivity index (χ1n) is 8.73.